The van der Waals surface area contributed by atoms with Crippen LogP contribution < -0.4 is 78.3 Å². The number of alkyl halides is 10. The molecule has 0 fully saturated rings. The number of phenols is 2. The Hall–Kier alpha value is -9.41. The first-order valence-electron chi connectivity index (χ1n) is 32.8. The molecule has 608 valence electrons. The molecule has 8 aromatic rings. The molecule has 0 aliphatic heterocycles. The van der Waals surface area contributed by atoms with Crippen LogP contribution in [0.15, 0.2) is 162 Å². The average Bonchev–Trinajstić information content (AvgIpc) is 1.79. The fraction of sp³-hybridized carbons (Fsp3) is 0.351. The number of carbonyl (C=O) groups excluding carboxylic acids is 4. The fourth-order valence-electron chi connectivity index (χ4n) is 7.28. The number of benzene rings is 7. The number of nitrogens with zero attached hydrogens (tertiary/aromatic N) is 1. The third-order valence-electron chi connectivity index (χ3n) is 11.6. The maximum absolute atomic E-state index is 12.4. The third-order valence-corrected chi connectivity index (χ3v) is 11.7. The largest absolute Gasteiger partial charge is 1.00 e. The van der Waals surface area contributed by atoms with Gasteiger partial charge in [-0.3, -0.25) is 14.4 Å². The number of ketones is 2. The smallest absolute Gasteiger partial charge is 0.543 e. The van der Waals surface area contributed by atoms with Crippen molar-refractivity contribution in [1.29, 1.82) is 0 Å². The fourth-order valence-corrected chi connectivity index (χ4v) is 7.28. The van der Waals surface area contributed by atoms with Crippen molar-refractivity contribution in [2.45, 2.75) is 165 Å². The minimum Gasteiger partial charge on any atom is -0.543 e. The molecule has 1 amide bonds. The second-order valence-corrected chi connectivity index (χ2v) is 25.1. The summed E-state index contributed by atoms with van der Waals surface area (Å²) in [7, 11) is 1.00. The summed E-state index contributed by atoms with van der Waals surface area (Å²) in [5.74, 6) is -3.63. The number of carboxylic acids is 2. The minimum atomic E-state index is -4.22. The second kappa shape index (κ2) is 57.6. The Kier molecular flexibility index (Phi) is 54.9. The van der Waals surface area contributed by atoms with E-state index in [2.05, 4.69) is 79.6 Å². The molecule has 0 atom stereocenters. The number of aliphatic hydroxyl groups is 3. The number of hydrogen-bond donors (Lipinski definition) is 7. The number of oxazole rings is 1. The number of aliphatic hydroxyl groups excluding tert-OH is 3. The van der Waals surface area contributed by atoms with Gasteiger partial charge in [-0.25, -0.2) is 9.78 Å². The molecule has 8 N–H and O–H groups in total. The van der Waals surface area contributed by atoms with Crippen LogP contribution in [0.5, 0.6) is 57.5 Å². The van der Waals surface area contributed by atoms with E-state index in [0.717, 1.165) is 24.8 Å². The van der Waals surface area contributed by atoms with Gasteiger partial charge in [0.15, 0.2) is 69.1 Å². The summed E-state index contributed by atoms with van der Waals surface area (Å²) in [6, 6.07) is 40.9. The van der Waals surface area contributed by atoms with E-state index in [0.29, 0.717) is 45.3 Å². The van der Waals surface area contributed by atoms with Crippen molar-refractivity contribution in [1.82, 2.24) is 4.98 Å². The van der Waals surface area contributed by atoms with Gasteiger partial charge in [-0.15, -0.1) is 0 Å². The first kappa shape index (κ1) is 106. The Balaban J connectivity index is -0.00000123. The molecular weight excluding hydrogens is 1580 g/mol. The number of aromatic carboxylic acids is 1. The summed E-state index contributed by atoms with van der Waals surface area (Å²) in [6.45, 7) is 16.5. The number of nitrogens with two attached hydrogens (primary N) is 1. The average molecular weight is 1670 g/mol. The van der Waals surface area contributed by atoms with Crippen LogP contribution in [0.25, 0.3) is 11.5 Å². The number of Topliss-reactive ketones (excluding diaryl/α,β-unsaturated/α-hetero) is 2. The summed E-state index contributed by atoms with van der Waals surface area (Å²) in [5, 5.41) is 56.3. The molecule has 0 radical (unpaired) electrons. The van der Waals surface area contributed by atoms with Crippen LogP contribution in [0.1, 0.15) is 148 Å². The number of primary amides is 1. The number of aryl methyl sites for hydroxylation is 1. The molecule has 0 aliphatic carbocycles. The Morgan fingerprint density at radius 3 is 1.24 bits per heavy atom. The Morgan fingerprint density at radius 2 is 0.892 bits per heavy atom. The van der Waals surface area contributed by atoms with Crippen LogP contribution in [0.2, 0.25) is 0 Å². The van der Waals surface area contributed by atoms with Crippen LogP contribution in [0, 0.1) is 6.92 Å². The molecule has 34 heteroatoms. The van der Waals surface area contributed by atoms with E-state index >= 15 is 0 Å². The van der Waals surface area contributed by atoms with Crippen LogP contribution in [-0.2, 0) is 18.0 Å². The zero-order chi connectivity index (χ0) is 84.6. The molecule has 0 unspecified atom stereocenters. The van der Waals surface area contributed by atoms with E-state index in [1.54, 1.807) is 72.7 Å². The van der Waals surface area contributed by atoms with Crippen molar-refractivity contribution in [3.8, 4) is 68.9 Å². The molecule has 0 saturated heterocycles. The van der Waals surface area contributed by atoms with Crippen molar-refractivity contribution in [3.05, 3.63) is 197 Å². The summed E-state index contributed by atoms with van der Waals surface area (Å²) in [6.07, 6.45) is 0.570. The van der Waals surface area contributed by atoms with Gasteiger partial charge in [0.2, 0.25) is 11.8 Å². The Bertz CT molecular complexity index is 3880. The Labute approximate surface area is 674 Å². The monoisotopic (exact) mass is 1670 g/mol. The number of hydrogen-bond acceptors (Lipinski definition) is 21. The van der Waals surface area contributed by atoms with Crippen molar-refractivity contribution >= 4 is 56.9 Å². The molecule has 0 spiro atoms. The van der Waals surface area contributed by atoms with Crippen LogP contribution in [-0.4, -0.2) is 133 Å². The summed E-state index contributed by atoms with van der Waals surface area (Å²) in [5.41, 5.74) is 9.46. The SMILES string of the molecule is CC(=O)c1ccc(O)c(OC(C)C)c1.CC(=O)c1ccc(OCc2ccccc2)c(O)c1.CC(C)Br.CC(C)Oc1cc(-c2nc(CO)co2)ccc1OC(F)F.CC(C)Oc1cc(C(=O)O)ccc1OC(F)F.CC(C)Oc1cc(C(N)=O)ccc1OC(F)F.CCO.CO.Cc1ccccc1.O=C([O-])C(F)(F)Cl.[Na+]. The van der Waals surface area contributed by atoms with E-state index in [1.165, 1.54) is 80.3 Å². The van der Waals surface area contributed by atoms with Gasteiger partial charge in [-0.2, -0.15) is 35.1 Å². The number of halogens is 10. The van der Waals surface area contributed by atoms with E-state index in [9.17, 15) is 64.5 Å². The number of carboxylic acid groups (broad SMARTS) is 2. The molecule has 0 aliphatic rings. The van der Waals surface area contributed by atoms with Crippen molar-refractivity contribution in [2.75, 3.05) is 13.7 Å². The quantitative estimate of drug-likeness (QED) is 0.0128. The van der Waals surface area contributed by atoms with Gasteiger partial charge >= 0.3 is 60.7 Å². The first-order valence-corrected chi connectivity index (χ1v) is 34.1. The zero-order valence-corrected chi connectivity index (χ0v) is 68.2. The van der Waals surface area contributed by atoms with Crippen LogP contribution in [0.4, 0.5) is 35.1 Å². The molecular formula is C77H93BrClF8N2NaO21. The molecule has 8 rings (SSSR count). The topological polar surface area (TPSA) is 356 Å². The normalized spacial score (nSPS) is 10.1. The van der Waals surface area contributed by atoms with E-state index < -0.39 is 43.1 Å². The molecule has 0 saturated carbocycles. The van der Waals surface area contributed by atoms with E-state index in [4.69, 9.17) is 64.2 Å². The third kappa shape index (κ3) is 48.8. The number of aliphatic carboxylic acids is 1. The standard InChI is InChI=1S/C15H14O3.C14H15F2NO4.C11H13F2NO3.C11H12F2O4.C11H14O3.C7H8.C3H7Br.C2HClF2O2.C2H6O.CH4O.Na/c1-11(16)13-7-8-15(14(17)9-13)18-10-12-5-3-2-4-6-12;1-8(2)20-12-5-9(3-4-11(12)21-14(15)16)13-17-10(6-18)7-19-13;2*1-6(2)16-9-5-7(10(14)15)3-4-8(9)17-11(12)13;1-7(2)14-11-6-9(8(3)12)4-5-10(11)13;1-7-5-3-2-4-6-7;1-3(2)4;3-2(4,5)1(6)7;1-2-3;1-2;/h2-9,17H,10H2,1H3;3-5,7-8,14,18H,6H2,1-2H3;3-6,11H,1-2H3,(H2,14,15);3-6,11H,1-2H3,(H,14,15);4-7,13H,1-3H3;2-6H,1H3;3H,1-2H3;(H,6,7);3H,2H2,1H3;2H,1H3;/q;;;;;;;;;;+1/p-1. The van der Waals surface area contributed by atoms with E-state index in [1.807, 2.05) is 62.4 Å². The Morgan fingerprint density at radius 1 is 0.541 bits per heavy atom. The molecule has 7 aromatic carbocycles. The van der Waals surface area contributed by atoms with E-state index in [-0.39, 0.29) is 142 Å². The number of ether oxygens (including phenoxy) is 8. The number of carbonyl (C=O) groups is 5. The molecule has 111 heavy (non-hydrogen) atoms. The zero-order valence-electron chi connectivity index (χ0n) is 63.9. The second-order valence-electron chi connectivity index (χ2n) is 22.8. The van der Waals surface area contributed by atoms with Crippen molar-refractivity contribution < 1.29 is 167 Å². The number of amides is 1. The number of phenolic OH excluding ortho intramolecular Hbond substituents is 2. The molecule has 1 heterocycles. The maximum Gasteiger partial charge on any atom is 1.00 e. The summed E-state index contributed by atoms with van der Waals surface area (Å²) < 4.78 is 140. The van der Waals surface area contributed by atoms with Gasteiger partial charge in [0, 0.05) is 40.8 Å². The maximum atomic E-state index is 12.4. The molecule has 0 bridgehead atoms. The van der Waals surface area contributed by atoms with Crippen LogP contribution in [0.3, 0.4) is 0 Å². The van der Waals surface area contributed by atoms with Crippen molar-refractivity contribution in [3.63, 3.8) is 0 Å². The predicted octanol–water partition coefficient (Wildman–Crippen LogP) is 13.7. The van der Waals surface area contributed by atoms with Crippen molar-refractivity contribution in [2.24, 2.45) is 5.73 Å². The van der Waals surface area contributed by atoms with Gasteiger partial charge in [0.05, 0.1) is 36.6 Å². The first-order chi connectivity index (χ1) is 51.4. The van der Waals surface area contributed by atoms with Gasteiger partial charge in [0.1, 0.15) is 24.5 Å². The van der Waals surface area contributed by atoms with Gasteiger partial charge in [-0.1, -0.05) is 96.0 Å². The summed E-state index contributed by atoms with van der Waals surface area (Å²) in [4.78, 5) is 57.6. The van der Waals surface area contributed by atoms with Crippen LogP contribution >= 0.6 is 27.5 Å². The predicted molar refractivity (Wildman–Crippen MR) is 398 cm³/mol. The number of aromatic nitrogens is 1. The summed E-state index contributed by atoms with van der Waals surface area (Å²) >= 11 is 7.14. The molecule has 1 aromatic heterocycles. The van der Waals surface area contributed by atoms with Gasteiger partial charge in [-0.05, 0) is 191 Å². The minimum absolute atomic E-state index is 0. The van der Waals surface area contributed by atoms with Gasteiger partial charge < -0.3 is 88.6 Å². The molecule has 23 nitrogen and oxygen atoms in total. The van der Waals surface area contributed by atoms with Gasteiger partial charge in [0.25, 0.3) is 0 Å². The number of aromatic hydroxyl groups is 2. The number of rotatable bonds is 24.